The van der Waals surface area contributed by atoms with Crippen LogP contribution >= 0.6 is 0 Å². The lowest BCUT2D eigenvalue weighted by Crippen LogP contribution is -2.60. The van der Waals surface area contributed by atoms with Gasteiger partial charge in [0, 0.05) is 25.2 Å². The van der Waals surface area contributed by atoms with E-state index in [1.54, 1.807) is 0 Å². The van der Waals surface area contributed by atoms with E-state index < -0.39 is 24.5 Å². The quantitative estimate of drug-likeness (QED) is 0.0735. The van der Waals surface area contributed by atoms with Gasteiger partial charge in [-0.15, -0.1) is 0 Å². The van der Waals surface area contributed by atoms with Crippen molar-refractivity contribution in [3.05, 3.63) is 29.8 Å². The van der Waals surface area contributed by atoms with Crippen LogP contribution in [-0.4, -0.2) is 77.1 Å². The number of nitrogens with zero attached hydrogens (tertiary/aromatic N) is 2. The van der Waals surface area contributed by atoms with E-state index in [0.29, 0.717) is 57.5 Å². The number of hydrazine groups is 1. The van der Waals surface area contributed by atoms with Crippen LogP contribution in [0.3, 0.4) is 0 Å². The lowest BCUT2D eigenvalue weighted by molar-refractivity contribution is -0.190. The van der Waals surface area contributed by atoms with Gasteiger partial charge >= 0.3 is 12.1 Å². The Morgan fingerprint density at radius 2 is 1.70 bits per heavy atom. The number of rotatable bonds is 17. The van der Waals surface area contributed by atoms with Crippen LogP contribution in [0.25, 0.3) is 0 Å². The van der Waals surface area contributed by atoms with Gasteiger partial charge in [0.2, 0.25) is 0 Å². The number of carbonyl (C=O) groups is 3. The van der Waals surface area contributed by atoms with E-state index in [9.17, 15) is 19.5 Å². The molecule has 3 atom stereocenters. The standard InChI is InChI=1S/C31H50N6O6/c1-2-3-4-5-6-7-8-9-22-42-29(39)26(19-16-23-14-17-24(18-15-23)34-30(32)33)35-25-12-10-20-36-21-11-13-27(43-31(40)41)37(36)28(25)38/h14-15,17-18,25-27,35H,2-13,16,19-22H2,1H3,(H,40,41)(H4,32,33,34)/t25-,26-,27-/m0/s1. The summed E-state index contributed by atoms with van der Waals surface area (Å²) in [4.78, 5) is 38.4. The van der Waals surface area contributed by atoms with Crippen molar-refractivity contribution in [1.29, 1.82) is 5.41 Å². The maximum absolute atomic E-state index is 13.7. The summed E-state index contributed by atoms with van der Waals surface area (Å²) in [6, 6.07) is 6.07. The number of amides is 1. The van der Waals surface area contributed by atoms with Gasteiger partial charge in [-0.25, -0.2) is 14.8 Å². The number of unbranched alkanes of at least 4 members (excludes halogenated alkanes) is 7. The highest BCUT2D eigenvalue weighted by atomic mass is 16.7. The molecule has 2 aliphatic rings. The summed E-state index contributed by atoms with van der Waals surface area (Å²) < 4.78 is 10.8. The first-order valence-electron chi connectivity index (χ1n) is 15.9. The Labute approximate surface area is 255 Å². The number of aryl methyl sites for hydroxylation is 1. The van der Waals surface area contributed by atoms with E-state index in [0.717, 1.165) is 31.2 Å². The van der Waals surface area contributed by atoms with Gasteiger partial charge in [0.25, 0.3) is 5.91 Å². The van der Waals surface area contributed by atoms with Crippen LogP contribution in [0.4, 0.5) is 10.5 Å². The summed E-state index contributed by atoms with van der Waals surface area (Å²) in [6.45, 7) is 3.80. The Morgan fingerprint density at radius 3 is 2.35 bits per heavy atom. The number of ether oxygens (including phenoxy) is 2. The number of benzene rings is 1. The molecule has 43 heavy (non-hydrogen) atoms. The zero-order valence-corrected chi connectivity index (χ0v) is 25.5. The number of nitrogens with two attached hydrogens (primary N) is 1. The van der Waals surface area contributed by atoms with Crippen molar-refractivity contribution < 1.29 is 29.0 Å². The molecule has 1 aromatic rings. The number of hydrogen-bond donors (Lipinski definition) is 5. The van der Waals surface area contributed by atoms with Crippen LogP contribution in [0.1, 0.15) is 96.0 Å². The molecule has 2 heterocycles. The Bertz CT molecular complexity index is 1040. The van der Waals surface area contributed by atoms with Gasteiger partial charge in [-0.3, -0.25) is 20.3 Å². The van der Waals surface area contributed by atoms with Crippen molar-refractivity contribution in [1.82, 2.24) is 15.3 Å². The normalized spacial score (nSPS) is 19.7. The molecule has 0 saturated carbocycles. The predicted molar refractivity (Wildman–Crippen MR) is 164 cm³/mol. The minimum Gasteiger partial charge on any atom is -0.465 e. The van der Waals surface area contributed by atoms with Gasteiger partial charge in [-0.05, 0) is 56.2 Å². The third-order valence-electron chi connectivity index (χ3n) is 8.00. The molecule has 12 heteroatoms. The molecule has 2 aliphatic heterocycles. The van der Waals surface area contributed by atoms with Crippen molar-refractivity contribution in [3.8, 4) is 0 Å². The summed E-state index contributed by atoms with van der Waals surface area (Å²) in [7, 11) is 0. The molecule has 240 valence electrons. The fourth-order valence-electron chi connectivity index (χ4n) is 5.74. The van der Waals surface area contributed by atoms with E-state index in [2.05, 4.69) is 17.6 Å². The van der Waals surface area contributed by atoms with Crippen LogP contribution in [0.5, 0.6) is 0 Å². The molecule has 2 fully saturated rings. The van der Waals surface area contributed by atoms with Crippen molar-refractivity contribution in [3.63, 3.8) is 0 Å². The van der Waals surface area contributed by atoms with Crippen LogP contribution in [0.15, 0.2) is 24.3 Å². The summed E-state index contributed by atoms with van der Waals surface area (Å²) >= 11 is 0. The highest BCUT2D eigenvalue weighted by Crippen LogP contribution is 2.25. The monoisotopic (exact) mass is 602 g/mol. The van der Waals surface area contributed by atoms with Crippen molar-refractivity contribution >= 4 is 29.7 Å². The summed E-state index contributed by atoms with van der Waals surface area (Å²) in [5.41, 5.74) is 7.10. The molecule has 0 aliphatic carbocycles. The molecular formula is C31H50N6O6. The van der Waals surface area contributed by atoms with Crippen molar-refractivity contribution in [2.75, 3.05) is 25.0 Å². The number of carboxylic acid groups (broad SMARTS) is 1. The number of esters is 1. The third-order valence-corrected chi connectivity index (χ3v) is 8.00. The second-order valence-electron chi connectivity index (χ2n) is 11.4. The maximum Gasteiger partial charge on any atom is 0.507 e. The molecule has 6 N–H and O–H groups in total. The van der Waals surface area contributed by atoms with E-state index in [1.807, 2.05) is 29.3 Å². The molecule has 0 radical (unpaired) electrons. The lowest BCUT2D eigenvalue weighted by atomic mass is 10.0. The minimum atomic E-state index is -1.42. The second-order valence-corrected chi connectivity index (χ2v) is 11.4. The van der Waals surface area contributed by atoms with E-state index in [4.69, 9.17) is 20.6 Å². The number of nitrogens with one attached hydrogen (secondary N) is 3. The first-order chi connectivity index (χ1) is 20.8. The summed E-state index contributed by atoms with van der Waals surface area (Å²) in [5.74, 6) is -0.819. The Balaban J connectivity index is 1.63. The lowest BCUT2D eigenvalue weighted by Gasteiger charge is -2.42. The van der Waals surface area contributed by atoms with Crippen LogP contribution in [0.2, 0.25) is 0 Å². The molecular weight excluding hydrogens is 552 g/mol. The maximum atomic E-state index is 13.7. The Morgan fingerprint density at radius 1 is 1.05 bits per heavy atom. The van der Waals surface area contributed by atoms with Gasteiger partial charge in [0.1, 0.15) is 6.04 Å². The van der Waals surface area contributed by atoms with E-state index in [-0.39, 0.29) is 17.8 Å². The van der Waals surface area contributed by atoms with Crippen molar-refractivity contribution in [2.45, 2.75) is 115 Å². The SMILES string of the molecule is CCCCCCCCCCOC(=O)[C@H](CCc1ccc(NC(=N)N)cc1)N[C@H]1CCCN2CCC[C@H](OC(=O)O)N2C1=O. The van der Waals surface area contributed by atoms with Crippen molar-refractivity contribution in [2.24, 2.45) is 5.73 Å². The van der Waals surface area contributed by atoms with Gasteiger partial charge in [0.05, 0.1) is 12.6 Å². The molecule has 2 saturated heterocycles. The highest BCUT2D eigenvalue weighted by molar-refractivity contribution is 5.89. The van der Waals surface area contributed by atoms with Gasteiger partial charge in [-0.1, -0.05) is 64.0 Å². The molecule has 0 spiro atoms. The van der Waals surface area contributed by atoms with E-state index in [1.165, 1.54) is 37.1 Å². The first kappa shape index (κ1) is 34.1. The molecule has 0 bridgehead atoms. The first-order valence-corrected chi connectivity index (χ1v) is 15.9. The fraction of sp³-hybridized carbons (Fsp3) is 0.677. The highest BCUT2D eigenvalue weighted by Gasteiger charge is 2.41. The van der Waals surface area contributed by atoms with Gasteiger partial charge in [-0.2, -0.15) is 0 Å². The topological polar surface area (TPSA) is 170 Å². The number of anilines is 1. The molecule has 0 aromatic heterocycles. The third kappa shape index (κ3) is 11.7. The number of carbonyl (C=O) groups excluding carboxylic acids is 2. The summed E-state index contributed by atoms with van der Waals surface area (Å²) in [6.07, 6.45) is 10.2. The average Bonchev–Trinajstić information content (AvgIpc) is 3.13. The largest absolute Gasteiger partial charge is 0.507 e. The van der Waals surface area contributed by atoms with Crippen LogP contribution < -0.4 is 16.4 Å². The summed E-state index contributed by atoms with van der Waals surface area (Å²) in [5, 5.41) is 26.0. The fourth-order valence-corrected chi connectivity index (χ4v) is 5.74. The van der Waals surface area contributed by atoms with Gasteiger partial charge in [0.15, 0.2) is 12.2 Å². The van der Waals surface area contributed by atoms with Crippen LogP contribution in [0, 0.1) is 5.41 Å². The zero-order chi connectivity index (χ0) is 31.0. The molecule has 1 amide bonds. The van der Waals surface area contributed by atoms with Gasteiger partial charge < -0.3 is 25.6 Å². The Kier molecular flexibility index (Phi) is 14.5. The average molecular weight is 603 g/mol. The molecule has 3 rings (SSSR count). The smallest absolute Gasteiger partial charge is 0.465 e. The minimum absolute atomic E-state index is 0.146. The van der Waals surface area contributed by atoms with Crippen LogP contribution in [-0.2, 0) is 25.5 Å². The second kappa shape index (κ2) is 18.3. The Hall–Kier alpha value is -3.38. The number of fused-ring (bicyclic) bond motifs is 1. The molecule has 1 aromatic carbocycles. The predicted octanol–water partition coefficient (Wildman–Crippen LogP) is 4.59. The molecule has 12 nitrogen and oxygen atoms in total. The van der Waals surface area contributed by atoms with E-state index >= 15 is 0 Å². The zero-order valence-electron chi connectivity index (χ0n) is 25.5. The molecule has 0 unspecified atom stereocenters. The number of hydrogen-bond acceptors (Lipinski definition) is 8. The number of guanidine groups is 1.